The standard InChI is InChI=1S/C14H19NO4/c1-14(2,3)19-13(16)15-10-5-4-6-11(7-10)17-8-12-9-18-12/h4-7,12H,8-9H2,1-3H3,(H,15,16). The number of anilines is 1. The zero-order valence-corrected chi connectivity index (χ0v) is 11.4. The molecule has 1 aliphatic heterocycles. The molecule has 2 rings (SSSR count). The van der Waals surface area contributed by atoms with Crippen LogP contribution in [0.4, 0.5) is 10.5 Å². The molecular weight excluding hydrogens is 246 g/mol. The summed E-state index contributed by atoms with van der Waals surface area (Å²) in [6.45, 7) is 6.76. The summed E-state index contributed by atoms with van der Waals surface area (Å²) in [5.41, 5.74) is 0.130. The van der Waals surface area contributed by atoms with Gasteiger partial charge in [-0.05, 0) is 32.9 Å². The fourth-order valence-corrected chi connectivity index (χ4v) is 1.44. The van der Waals surface area contributed by atoms with E-state index in [1.54, 1.807) is 12.1 Å². The summed E-state index contributed by atoms with van der Waals surface area (Å²) in [6, 6.07) is 7.19. The van der Waals surface area contributed by atoms with E-state index in [-0.39, 0.29) is 6.10 Å². The van der Waals surface area contributed by atoms with Crippen molar-refractivity contribution in [1.29, 1.82) is 0 Å². The molecule has 19 heavy (non-hydrogen) atoms. The Bertz CT molecular complexity index is 449. The van der Waals surface area contributed by atoms with Crippen molar-refractivity contribution in [2.75, 3.05) is 18.5 Å². The van der Waals surface area contributed by atoms with Gasteiger partial charge in [-0.15, -0.1) is 0 Å². The van der Waals surface area contributed by atoms with E-state index >= 15 is 0 Å². The molecule has 5 nitrogen and oxygen atoms in total. The lowest BCUT2D eigenvalue weighted by molar-refractivity contribution is 0.0636. The predicted octanol–water partition coefficient (Wildman–Crippen LogP) is 2.81. The molecule has 1 aliphatic rings. The molecule has 1 heterocycles. The van der Waals surface area contributed by atoms with Crippen LogP contribution < -0.4 is 10.1 Å². The second-order valence-corrected chi connectivity index (χ2v) is 5.42. The molecule has 1 amide bonds. The SMILES string of the molecule is CC(C)(C)OC(=O)Nc1cccc(OCC2CO2)c1. The molecular formula is C14H19NO4. The van der Waals surface area contributed by atoms with Gasteiger partial charge in [0.1, 0.15) is 24.1 Å². The highest BCUT2D eigenvalue weighted by atomic mass is 16.6. The van der Waals surface area contributed by atoms with Crippen LogP contribution in [-0.2, 0) is 9.47 Å². The van der Waals surface area contributed by atoms with Gasteiger partial charge in [-0.2, -0.15) is 0 Å². The molecule has 0 aromatic heterocycles. The van der Waals surface area contributed by atoms with Gasteiger partial charge in [-0.25, -0.2) is 4.79 Å². The molecule has 1 unspecified atom stereocenters. The van der Waals surface area contributed by atoms with E-state index in [2.05, 4.69) is 5.32 Å². The molecule has 0 spiro atoms. The Balaban J connectivity index is 1.88. The van der Waals surface area contributed by atoms with Crippen molar-refractivity contribution in [2.24, 2.45) is 0 Å². The van der Waals surface area contributed by atoms with Gasteiger partial charge in [0.15, 0.2) is 0 Å². The Labute approximate surface area is 112 Å². The highest BCUT2D eigenvalue weighted by Gasteiger charge is 2.23. The Morgan fingerprint density at radius 1 is 1.47 bits per heavy atom. The number of ether oxygens (including phenoxy) is 3. The Hall–Kier alpha value is -1.75. The predicted molar refractivity (Wildman–Crippen MR) is 71.5 cm³/mol. The summed E-state index contributed by atoms with van der Waals surface area (Å²) < 4.78 is 15.8. The lowest BCUT2D eigenvalue weighted by Crippen LogP contribution is -2.27. The third-order valence-electron chi connectivity index (χ3n) is 2.32. The zero-order chi connectivity index (χ0) is 13.9. The smallest absolute Gasteiger partial charge is 0.412 e. The van der Waals surface area contributed by atoms with Gasteiger partial charge in [0.25, 0.3) is 0 Å². The maximum atomic E-state index is 11.6. The van der Waals surface area contributed by atoms with Crippen molar-refractivity contribution in [1.82, 2.24) is 0 Å². The summed E-state index contributed by atoms with van der Waals surface area (Å²) in [5.74, 6) is 0.698. The summed E-state index contributed by atoms with van der Waals surface area (Å²) in [5, 5.41) is 2.67. The molecule has 5 heteroatoms. The minimum atomic E-state index is -0.512. The van der Waals surface area contributed by atoms with Crippen LogP contribution in [0.5, 0.6) is 5.75 Å². The van der Waals surface area contributed by atoms with Gasteiger partial charge in [0.05, 0.1) is 6.61 Å². The van der Waals surface area contributed by atoms with E-state index in [0.717, 1.165) is 6.61 Å². The highest BCUT2D eigenvalue weighted by molar-refractivity contribution is 5.85. The molecule has 1 fully saturated rings. The average Bonchev–Trinajstić information content (AvgIpc) is 3.07. The van der Waals surface area contributed by atoms with Crippen LogP contribution in [-0.4, -0.2) is 31.0 Å². The molecule has 1 saturated heterocycles. The molecule has 0 bridgehead atoms. The molecule has 0 saturated carbocycles. The Kier molecular flexibility index (Phi) is 3.95. The first kappa shape index (κ1) is 13.7. The number of hydrogen-bond acceptors (Lipinski definition) is 4. The number of nitrogens with one attached hydrogen (secondary N) is 1. The molecule has 1 aromatic carbocycles. The van der Waals surface area contributed by atoms with Crippen LogP contribution >= 0.6 is 0 Å². The second-order valence-electron chi connectivity index (χ2n) is 5.42. The molecule has 1 aromatic rings. The van der Waals surface area contributed by atoms with Gasteiger partial charge in [0.2, 0.25) is 0 Å². The number of rotatable bonds is 4. The number of epoxide rings is 1. The normalized spacial score (nSPS) is 17.7. The van der Waals surface area contributed by atoms with Gasteiger partial charge in [-0.1, -0.05) is 6.07 Å². The van der Waals surface area contributed by atoms with Crippen molar-refractivity contribution >= 4 is 11.8 Å². The molecule has 1 atom stereocenters. The lowest BCUT2D eigenvalue weighted by atomic mass is 10.2. The maximum Gasteiger partial charge on any atom is 0.412 e. The fraction of sp³-hybridized carbons (Fsp3) is 0.500. The zero-order valence-electron chi connectivity index (χ0n) is 11.4. The third kappa shape index (κ3) is 5.18. The van der Waals surface area contributed by atoms with Crippen LogP contribution in [0, 0.1) is 0 Å². The van der Waals surface area contributed by atoms with E-state index in [4.69, 9.17) is 14.2 Å². The van der Waals surface area contributed by atoms with Crippen molar-refractivity contribution in [2.45, 2.75) is 32.5 Å². The van der Waals surface area contributed by atoms with Crippen LogP contribution in [0.2, 0.25) is 0 Å². The maximum absolute atomic E-state index is 11.6. The van der Waals surface area contributed by atoms with Gasteiger partial charge in [-0.3, -0.25) is 5.32 Å². The molecule has 0 radical (unpaired) electrons. The van der Waals surface area contributed by atoms with E-state index in [1.165, 1.54) is 0 Å². The first-order chi connectivity index (χ1) is 8.92. The van der Waals surface area contributed by atoms with Crippen LogP contribution in [0.25, 0.3) is 0 Å². The summed E-state index contributed by atoms with van der Waals surface area (Å²) in [4.78, 5) is 11.6. The minimum absolute atomic E-state index is 0.211. The number of carbonyl (C=O) groups is 1. The molecule has 1 N–H and O–H groups in total. The van der Waals surface area contributed by atoms with Gasteiger partial charge < -0.3 is 14.2 Å². The van der Waals surface area contributed by atoms with Crippen molar-refractivity contribution in [3.05, 3.63) is 24.3 Å². The second kappa shape index (κ2) is 5.48. The van der Waals surface area contributed by atoms with Gasteiger partial charge in [0, 0.05) is 11.8 Å². The van der Waals surface area contributed by atoms with E-state index in [1.807, 2.05) is 32.9 Å². The van der Waals surface area contributed by atoms with E-state index in [0.29, 0.717) is 18.0 Å². The highest BCUT2D eigenvalue weighted by Crippen LogP contribution is 2.20. The quantitative estimate of drug-likeness (QED) is 0.850. The largest absolute Gasteiger partial charge is 0.491 e. The Morgan fingerprint density at radius 2 is 2.21 bits per heavy atom. The first-order valence-electron chi connectivity index (χ1n) is 6.27. The topological polar surface area (TPSA) is 60.1 Å². The number of benzene rings is 1. The molecule has 104 valence electrons. The van der Waals surface area contributed by atoms with Gasteiger partial charge >= 0.3 is 6.09 Å². The average molecular weight is 265 g/mol. The molecule has 0 aliphatic carbocycles. The minimum Gasteiger partial charge on any atom is -0.491 e. The first-order valence-corrected chi connectivity index (χ1v) is 6.27. The summed E-state index contributed by atoms with van der Waals surface area (Å²) in [7, 11) is 0. The third-order valence-corrected chi connectivity index (χ3v) is 2.32. The number of carbonyl (C=O) groups excluding carboxylic acids is 1. The summed E-state index contributed by atoms with van der Waals surface area (Å²) >= 11 is 0. The van der Waals surface area contributed by atoms with Crippen LogP contribution in [0.1, 0.15) is 20.8 Å². The van der Waals surface area contributed by atoms with Crippen LogP contribution in [0.15, 0.2) is 24.3 Å². The number of amides is 1. The summed E-state index contributed by atoms with van der Waals surface area (Å²) in [6.07, 6.45) is -0.266. The number of hydrogen-bond donors (Lipinski definition) is 1. The van der Waals surface area contributed by atoms with Crippen molar-refractivity contribution in [3.63, 3.8) is 0 Å². The van der Waals surface area contributed by atoms with E-state index < -0.39 is 11.7 Å². The van der Waals surface area contributed by atoms with Crippen LogP contribution in [0.3, 0.4) is 0 Å². The Morgan fingerprint density at radius 3 is 2.84 bits per heavy atom. The van der Waals surface area contributed by atoms with Crippen molar-refractivity contribution < 1.29 is 19.0 Å². The van der Waals surface area contributed by atoms with E-state index in [9.17, 15) is 4.79 Å². The fourth-order valence-electron chi connectivity index (χ4n) is 1.44. The van der Waals surface area contributed by atoms with Crippen molar-refractivity contribution in [3.8, 4) is 5.75 Å². The monoisotopic (exact) mass is 265 g/mol. The lowest BCUT2D eigenvalue weighted by Gasteiger charge is -2.19.